The van der Waals surface area contributed by atoms with Crippen LogP contribution in [0.4, 0.5) is 0 Å². The quantitative estimate of drug-likeness (QED) is 0.755. The highest BCUT2D eigenvalue weighted by atomic mass is 32.1. The lowest BCUT2D eigenvalue weighted by molar-refractivity contribution is -0.132. The molecule has 0 spiro atoms. The largest absolute Gasteiger partial charge is 0.459 e. The van der Waals surface area contributed by atoms with Crippen molar-refractivity contribution in [3.05, 3.63) is 45.5 Å². The minimum Gasteiger partial charge on any atom is -0.459 e. The van der Waals surface area contributed by atoms with Crippen LogP contribution < -0.4 is 0 Å². The van der Waals surface area contributed by atoms with Crippen molar-refractivity contribution in [1.82, 2.24) is 9.80 Å². The van der Waals surface area contributed by atoms with E-state index >= 15 is 0 Å². The molecule has 0 atom stereocenters. The molecule has 7 heteroatoms. The van der Waals surface area contributed by atoms with E-state index in [-0.39, 0.29) is 30.4 Å². The van der Waals surface area contributed by atoms with Crippen molar-refractivity contribution in [2.45, 2.75) is 26.7 Å². The Kier molecular flexibility index (Phi) is 5.56. The normalized spacial score (nSPS) is 14.5. The molecule has 1 aliphatic heterocycles. The van der Waals surface area contributed by atoms with Gasteiger partial charge in [-0.25, -0.2) is 0 Å². The monoisotopic (exact) mass is 374 g/mol. The first-order valence-corrected chi connectivity index (χ1v) is 9.48. The molecule has 0 bridgehead atoms. The summed E-state index contributed by atoms with van der Waals surface area (Å²) in [5.41, 5.74) is 0.731. The van der Waals surface area contributed by atoms with Crippen LogP contribution in [-0.2, 0) is 4.79 Å². The van der Waals surface area contributed by atoms with Crippen molar-refractivity contribution in [3.63, 3.8) is 0 Å². The van der Waals surface area contributed by atoms with Gasteiger partial charge in [-0.05, 0) is 32.0 Å². The molecule has 0 saturated carbocycles. The maximum atomic E-state index is 12.4. The van der Waals surface area contributed by atoms with Crippen LogP contribution in [0.5, 0.6) is 0 Å². The molecule has 0 radical (unpaired) electrons. The van der Waals surface area contributed by atoms with E-state index < -0.39 is 0 Å². The zero-order valence-electron chi connectivity index (χ0n) is 15.0. The zero-order valence-corrected chi connectivity index (χ0v) is 15.8. The van der Waals surface area contributed by atoms with Crippen LogP contribution in [-0.4, -0.2) is 53.6 Å². The number of amides is 2. The lowest BCUT2D eigenvalue weighted by Crippen LogP contribution is -2.50. The van der Waals surface area contributed by atoms with Crippen molar-refractivity contribution in [2.75, 3.05) is 26.2 Å². The molecular weight excluding hydrogens is 352 g/mol. The van der Waals surface area contributed by atoms with E-state index in [4.69, 9.17) is 4.42 Å². The van der Waals surface area contributed by atoms with Crippen molar-refractivity contribution in [2.24, 2.45) is 0 Å². The molecule has 0 N–H and O–H groups in total. The summed E-state index contributed by atoms with van der Waals surface area (Å²) in [6.07, 6.45) is 1.90. The molecule has 26 heavy (non-hydrogen) atoms. The molecule has 2 amide bonds. The summed E-state index contributed by atoms with van der Waals surface area (Å²) >= 11 is 1.60. The number of ketones is 1. The zero-order chi connectivity index (χ0) is 18.7. The lowest BCUT2D eigenvalue weighted by atomic mass is 10.1. The molecule has 0 aromatic carbocycles. The number of carbonyl (C=O) groups is 3. The second kappa shape index (κ2) is 7.86. The fourth-order valence-electron chi connectivity index (χ4n) is 3.14. The first-order valence-electron chi connectivity index (χ1n) is 8.66. The second-order valence-corrected chi connectivity index (χ2v) is 7.86. The van der Waals surface area contributed by atoms with Gasteiger partial charge in [0.05, 0.1) is 6.26 Å². The summed E-state index contributed by atoms with van der Waals surface area (Å²) in [6, 6.07) is 5.21. The summed E-state index contributed by atoms with van der Waals surface area (Å²) in [6.45, 7) is 5.82. The van der Waals surface area contributed by atoms with E-state index in [1.807, 2.05) is 19.9 Å². The second-order valence-electron chi connectivity index (χ2n) is 6.40. The number of hydrogen-bond acceptors (Lipinski definition) is 5. The Morgan fingerprint density at radius 1 is 1.08 bits per heavy atom. The lowest BCUT2D eigenvalue weighted by Gasteiger charge is -2.34. The van der Waals surface area contributed by atoms with Gasteiger partial charge in [0.15, 0.2) is 11.5 Å². The van der Waals surface area contributed by atoms with E-state index in [0.717, 1.165) is 15.3 Å². The van der Waals surface area contributed by atoms with Crippen LogP contribution in [0.25, 0.3) is 0 Å². The third kappa shape index (κ3) is 4.04. The predicted octanol–water partition coefficient (Wildman–Crippen LogP) is 2.91. The minimum absolute atomic E-state index is 0.0202. The standard InChI is InChI=1S/C19H22N2O4S/c1-13-12-15(14(2)26-13)16(22)5-6-18(23)20-7-9-21(10-8-20)19(24)17-4-3-11-25-17/h3-4,11-12H,5-10H2,1-2H3. The van der Waals surface area contributed by atoms with Crippen LogP contribution in [0.15, 0.2) is 28.9 Å². The van der Waals surface area contributed by atoms with Crippen LogP contribution in [0.2, 0.25) is 0 Å². The molecule has 6 nitrogen and oxygen atoms in total. The fraction of sp³-hybridized carbons (Fsp3) is 0.421. The number of Topliss-reactive ketones (excluding diaryl/α,β-unsaturated/α-hetero) is 1. The summed E-state index contributed by atoms with van der Waals surface area (Å²) in [5, 5.41) is 0. The van der Waals surface area contributed by atoms with Crippen molar-refractivity contribution >= 4 is 28.9 Å². The summed E-state index contributed by atoms with van der Waals surface area (Å²) in [7, 11) is 0. The number of hydrogen-bond donors (Lipinski definition) is 0. The number of piperazine rings is 1. The van der Waals surface area contributed by atoms with Crippen LogP contribution in [0, 0.1) is 13.8 Å². The minimum atomic E-state index is -0.152. The van der Waals surface area contributed by atoms with Crippen molar-refractivity contribution in [1.29, 1.82) is 0 Å². The van der Waals surface area contributed by atoms with Gasteiger partial charge < -0.3 is 14.2 Å². The van der Waals surface area contributed by atoms with Crippen molar-refractivity contribution < 1.29 is 18.8 Å². The Labute approximate surface area is 156 Å². The number of furan rings is 1. The molecule has 0 aliphatic carbocycles. The van der Waals surface area contributed by atoms with Crippen molar-refractivity contribution in [3.8, 4) is 0 Å². The highest BCUT2D eigenvalue weighted by molar-refractivity contribution is 7.12. The summed E-state index contributed by atoms with van der Waals surface area (Å²) in [5.74, 6) is 0.150. The molecule has 1 fully saturated rings. The SMILES string of the molecule is Cc1cc(C(=O)CCC(=O)N2CCN(C(=O)c3ccco3)CC2)c(C)s1. The third-order valence-corrected chi connectivity index (χ3v) is 5.52. The van der Waals surface area contributed by atoms with Gasteiger partial charge in [-0.15, -0.1) is 11.3 Å². The smallest absolute Gasteiger partial charge is 0.289 e. The van der Waals surface area contributed by atoms with E-state index in [0.29, 0.717) is 31.9 Å². The Hall–Kier alpha value is -2.41. The Morgan fingerprint density at radius 2 is 1.77 bits per heavy atom. The van der Waals surface area contributed by atoms with Gasteiger partial charge in [-0.1, -0.05) is 0 Å². The fourth-order valence-corrected chi connectivity index (χ4v) is 4.08. The molecule has 1 aliphatic rings. The van der Waals surface area contributed by atoms with Crippen LogP contribution in [0.3, 0.4) is 0 Å². The molecular formula is C19H22N2O4S. The van der Waals surface area contributed by atoms with Gasteiger partial charge in [0.1, 0.15) is 0 Å². The molecule has 1 saturated heterocycles. The molecule has 0 unspecified atom stereocenters. The molecule has 138 valence electrons. The molecule has 2 aromatic heterocycles. The topological polar surface area (TPSA) is 70.8 Å². The van der Waals surface area contributed by atoms with Crippen LogP contribution in [0.1, 0.15) is 43.5 Å². The highest BCUT2D eigenvalue weighted by Crippen LogP contribution is 2.22. The van der Waals surface area contributed by atoms with E-state index in [9.17, 15) is 14.4 Å². The average molecular weight is 374 g/mol. The molecule has 3 rings (SSSR count). The Balaban J connectivity index is 1.47. The van der Waals surface area contributed by atoms with Gasteiger partial charge in [0.25, 0.3) is 5.91 Å². The maximum absolute atomic E-state index is 12.4. The summed E-state index contributed by atoms with van der Waals surface area (Å²) < 4.78 is 5.13. The van der Waals surface area contributed by atoms with Gasteiger partial charge in [0.2, 0.25) is 5.91 Å². The number of nitrogens with zero attached hydrogens (tertiary/aromatic N) is 2. The van der Waals surface area contributed by atoms with Crippen LogP contribution >= 0.6 is 11.3 Å². The number of rotatable bonds is 5. The number of aryl methyl sites for hydroxylation is 2. The first kappa shape index (κ1) is 18.4. The number of carbonyl (C=O) groups excluding carboxylic acids is 3. The van der Waals surface area contributed by atoms with Gasteiger partial charge in [-0.3, -0.25) is 14.4 Å². The third-order valence-electron chi connectivity index (χ3n) is 4.56. The Morgan fingerprint density at radius 3 is 2.35 bits per heavy atom. The predicted molar refractivity (Wildman–Crippen MR) is 98.5 cm³/mol. The van der Waals surface area contributed by atoms with E-state index in [1.165, 1.54) is 6.26 Å². The average Bonchev–Trinajstić information content (AvgIpc) is 3.28. The maximum Gasteiger partial charge on any atom is 0.289 e. The first-order chi connectivity index (χ1) is 12.5. The van der Waals surface area contributed by atoms with E-state index in [1.54, 1.807) is 33.3 Å². The summed E-state index contributed by atoms with van der Waals surface area (Å²) in [4.78, 5) is 42.4. The highest BCUT2D eigenvalue weighted by Gasteiger charge is 2.26. The van der Waals surface area contributed by atoms with Gasteiger partial charge in [0, 0.05) is 54.3 Å². The van der Waals surface area contributed by atoms with Gasteiger partial charge >= 0.3 is 0 Å². The van der Waals surface area contributed by atoms with E-state index in [2.05, 4.69) is 0 Å². The van der Waals surface area contributed by atoms with Gasteiger partial charge in [-0.2, -0.15) is 0 Å². The number of thiophene rings is 1. The molecule has 3 heterocycles. The Bertz CT molecular complexity index is 802. The molecule has 2 aromatic rings.